The zero-order valence-corrected chi connectivity index (χ0v) is 12.0. The molecule has 0 spiro atoms. The third-order valence-corrected chi connectivity index (χ3v) is 4.50. The minimum atomic E-state index is -3.54. The van der Waals surface area contributed by atoms with E-state index in [2.05, 4.69) is 4.72 Å². The van der Waals surface area contributed by atoms with Gasteiger partial charge in [0.2, 0.25) is 10.0 Å². The molecule has 0 saturated heterocycles. The van der Waals surface area contributed by atoms with E-state index in [9.17, 15) is 8.42 Å². The maximum atomic E-state index is 11.7. The molecule has 7 heteroatoms. The summed E-state index contributed by atoms with van der Waals surface area (Å²) in [4.78, 5) is 0. The van der Waals surface area contributed by atoms with Crippen molar-refractivity contribution in [2.75, 3.05) is 20.8 Å². The molecule has 1 unspecified atom stereocenters. The van der Waals surface area contributed by atoms with Crippen molar-refractivity contribution in [1.82, 2.24) is 4.72 Å². The van der Waals surface area contributed by atoms with Crippen LogP contribution in [0.5, 0.6) is 11.5 Å². The molecule has 1 aromatic carbocycles. The van der Waals surface area contributed by atoms with Gasteiger partial charge in [0.25, 0.3) is 0 Å². The van der Waals surface area contributed by atoms with Gasteiger partial charge in [0.05, 0.1) is 26.1 Å². The summed E-state index contributed by atoms with van der Waals surface area (Å²) in [6, 6.07) is 5.13. The highest BCUT2D eigenvalue weighted by Gasteiger charge is 2.19. The molecule has 0 aliphatic heterocycles. The van der Waals surface area contributed by atoms with Crippen LogP contribution in [0, 0.1) is 0 Å². The van der Waals surface area contributed by atoms with Crippen LogP contribution in [0.1, 0.15) is 12.5 Å². The number of hydrogen-bond donors (Lipinski definition) is 2. The third kappa shape index (κ3) is 4.09. The number of methoxy groups -OCH3 is 2. The van der Waals surface area contributed by atoms with Gasteiger partial charge in [-0.05, 0) is 13.0 Å². The van der Waals surface area contributed by atoms with Gasteiger partial charge in [0.1, 0.15) is 11.5 Å². The van der Waals surface area contributed by atoms with E-state index in [-0.39, 0.29) is 6.54 Å². The van der Waals surface area contributed by atoms with E-state index in [1.54, 1.807) is 25.3 Å². The first-order valence-electron chi connectivity index (χ1n) is 5.74. The van der Waals surface area contributed by atoms with Crippen LogP contribution >= 0.6 is 0 Å². The topological polar surface area (TPSA) is 84.9 Å². The molecule has 0 heterocycles. The first-order chi connectivity index (χ1) is 8.94. The van der Waals surface area contributed by atoms with Gasteiger partial charge in [-0.2, -0.15) is 0 Å². The zero-order valence-electron chi connectivity index (χ0n) is 11.2. The van der Waals surface area contributed by atoms with Crippen molar-refractivity contribution in [2.24, 2.45) is 0 Å². The Morgan fingerprint density at radius 1 is 1.32 bits per heavy atom. The first kappa shape index (κ1) is 15.7. The van der Waals surface area contributed by atoms with Crippen LogP contribution in [0.2, 0.25) is 0 Å². The number of aliphatic hydroxyl groups excluding tert-OH is 1. The summed E-state index contributed by atoms with van der Waals surface area (Å²) in [6.07, 6.45) is 0. The number of ether oxygens (including phenoxy) is 2. The molecular formula is C12H19NO5S. The van der Waals surface area contributed by atoms with Gasteiger partial charge in [0, 0.05) is 18.2 Å². The molecule has 0 fully saturated rings. The second-order valence-corrected chi connectivity index (χ2v) is 6.22. The standard InChI is InChI=1S/C12H19NO5S/c1-9(8-14)19(15,16)13-7-10-4-5-11(17-2)6-12(10)18-3/h4-6,9,13-14H,7-8H2,1-3H3. The van der Waals surface area contributed by atoms with Crippen LogP contribution in [0.3, 0.4) is 0 Å². The summed E-state index contributed by atoms with van der Waals surface area (Å²) in [6.45, 7) is 1.11. The van der Waals surface area contributed by atoms with Gasteiger partial charge in [-0.1, -0.05) is 6.07 Å². The molecule has 0 radical (unpaired) electrons. The van der Waals surface area contributed by atoms with Crippen molar-refractivity contribution in [1.29, 1.82) is 0 Å². The van der Waals surface area contributed by atoms with Gasteiger partial charge in [0.15, 0.2) is 0 Å². The van der Waals surface area contributed by atoms with E-state index in [0.717, 1.165) is 0 Å². The highest BCUT2D eigenvalue weighted by atomic mass is 32.2. The average molecular weight is 289 g/mol. The fourth-order valence-corrected chi connectivity index (χ4v) is 2.25. The van der Waals surface area contributed by atoms with Crippen molar-refractivity contribution in [3.63, 3.8) is 0 Å². The van der Waals surface area contributed by atoms with Crippen LogP contribution in [-0.4, -0.2) is 39.6 Å². The van der Waals surface area contributed by atoms with Crippen LogP contribution in [0.4, 0.5) is 0 Å². The molecule has 0 aliphatic carbocycles. The van der Waals surface area contributed by atoms with Crippen LogP contribution in [0.15, 0.2) is 18.2 Å². The van der Waals surface area contributed by atoms with Gasteiger partial charge >= 0.3 is 0 Å². The quantitative estimate of drug-likeness (QED) is 0.763. The predicted molar refractivity (Wildman–Crippen MR) is 71.9 cm³/mol. The maximum absolute atomic E-state index is 11.7. The smallest absolute Gasteiger partial charge is 0.216 e. The molecular weight excluding hydrogens is 270 g/mol. The van der Waals surface area contributed by atoms with E-state index in [1.165, 1.54) is 14.0 Å². The molecule has 0 saturated carbocycles. The monoisotopic (exact) mass is 289 g/mol. The second-order valence-electron chi connectivity index (χ2n) is 4.04. The first-order valence-corrected chi connectivity index (χ1v) is 7.29. The molecule has 2 N–H and O–H groups in total. The maximum Gasteiger partial charge on any atom is 0.216 e. The SMILES string of the molecule is COc1ccc(CNS(=O)(=O)C(C)CO)c(OC)c1. The predicted octanol–water partition coefficient (Wildman–Crippen LogP) is 0.504. The summed E-state index contributed by atoms with van der Waals surface area (Å²) in [5.74, 6) is 1.17. The number of hydrogen-bond acceptors (Lipinski definition) is 5. The largest absolute Gasteiger partial charge is 0.497 e. The Balaban J connectivity index is 2.83. The van der Waals surface area contributed by atoms with Crippen molar-refractivity contribution < 1.29 is 23.0 Å². The Kier molecular flexibility index (Phi) is 5.59. The summed E-state index contributed by atoms with van der Waals surface area (Å²) >= 11 is 0. The fourth-order valence-electron chi connectivity index (χ4n) is 1.42. The number of benzene rings is 1. The molecule has 0 aromatic heterocycles. The number of aliphatic hydroxyl groups is 1. The number of sulfonamides is 1. The second kappa shape index (κ2) is 6.74. The zero-order chi connectivity index (χ0) is 14.5. The third-order valence-electron chi connectivity index (χ3n) is 2.74. The molecule has 19 heavy (non-hydrogen) atoms. The summed E-state index contributed by atoms with van der Waals surface area (Å²) in [7, 11) is -0.491. The minimum absolute atomic E-state index is 0.0971. The Morgan fingerprint density at radius 3 is 2.53 bits per heavy atom. The van der Waals surface area contributed by atoms with Gasteiger partial charge in [-0.3, -0.25) is 0 Å². The molecule has 108 valence electrons. The molecule has 1 aromatic rings. The molecule has 0 aliphatic rings. The lowest BCUT2D eigenvalue weighted by Gasteiger charge is -2.14. The number of rotatable bonds is 7. The van der Waals surface area contributed by atoms with E-state index in [4.69, 9.17) is 14.6 Å². The Morgan fingerprint density at radius 2 is 2.00 bits per heavy atom. The molecule has 6 nitrogen and oxygen atoms in total. The lowest BCUT2D eigenvalue weighted by atomic mass is 10.2. The van der Waals surface area contributed by atoms with Crippen LogP contribution < -0.4 is 14.2 Å². The average Bonchev–Trinajstić information content (AvgIpc) is 2.43. The van der Waals surface area contributed by atoms with Gasteiger partial charge < -0.3 is 14.6 Å². The molecule has 1 atom stereocenters. The van der Waals surface area contributed by atoms with E-state index in [1.807, 2.05) is 0 Å². The molecule has 0 amide bonds. The van der Waals surface area contributed by atoms with Crippen LogP contribution in [-0.2, 0) is 16.6 Å². The fraction of sp³-hybridized carbons (Fsp3) is 0.500. The summed E-state index contributed by atoms with van der Waals surface area (Å²) < 4.78 is 36.1. The Labute approximate surface area is 113 Å². The normalized spacial score (nSPS) is 13.1. The van der Waals surface area contributed by atoms with Crippen molar-refractivity contribution >= 4 is 10.0 Å². The lowest BCUT2D eigenvalue weighted by molar-refractivity contribution is 0.294. The van der Waals surface area contributed by atoms with Crippen molar-refractivity contribution in [3.05, 3.63) is 23.8 Å². The van der Waals surface area contributed by atoms with E-state index < -0.39 is 21.9 Å². The van der Waals surface area contributed by atoms with Crippen molar-refractivity contribution in [2.45, 2.75) is 18.7 Å². The van der Waals surface area contributed by atoms with Gasteiger partial charge in [-0.25, -0.2) is 13.1 Å². The lowest BCUT2D eigenvalue weighted by Crippen LogP contribution is -2.34. The Bertz CT molecular complexity index is 515. The van der Waals surface area contributed by atoms with Crippen molar-refractivity contribution in [3.8, 4) is 11.5 Å². The van der Waals surface area contributed by atoms with E-state index >= 15 is 0 Å². The number of nitrogens with one attached hydrogen (secondary N) is 1. The van der Waals surface area contributed by atoms with E-state index in [0.29, 0.717) is 17.1 Å². The summed E-state index contributed by atoms with van der Waals surface area (Å²) in [5, 5.41) is 8.03. The van der Waals surface area contributed by atoms with Gasteiger partial charge in [-0.15, -0.1) is 0 Å². The highest BCUT2D eigenvalue weighted by molar-refractivity contribution is 7.90. The molecule has 1 rings (SSSR count). The Hall–Kier alpha value is -1.31. The van der Waals surface area contributed by atoms with Crippen LogP contribution in [0.25, 0.3) is 0 Å². The highest BCUT2D eigenvalue weighted by Crippen LogP contribution is 2.24. The minimum Gasteiger partial charge on any atom is -0.497 e. The summed E-state index contributed by atoms with van der Waals surface area (Å²) in [5.41, 5.74) is 0.692. The molecule has 0 bridgehead atoms.